The Labute approximate surface area is 185 Å². The highest BCUT2D eigenvalue weighted by atomic mass is 16.5. The Kier molecular flexibility index (Phi) is 6.50. The molecular formula is C24H24N4O4. The van der Waals surface area contributed by atoms with Crippen LogP contribution in [-0.2, 0) is 9.59 Å². The summed E-state index contributed by atoms with van der Waals surface area (Å²) in [5, 5.41) is 16.0. The van der Waals surface area contributed by atoms with E-state index in [1.807, 2.05) is 48.5 Å². The van der Waals surface area contributed by atoms with Crippen LogP contribution in [0.15, 0.2) is 72.9 Å². The number of carbonyl (C=O) groups is 2. The molecule has 1 amide bonds. The molecule has 1 atom stereocenters. The summed E-state index contributed by atoms with van der Waals surface area (Å²) in [5.41, 5.74) is 2.15. The average Bonchev–Trinajstić information content (AvgIpc) is 2.82. The number of fused-ring (bicyclic) bond motifs is 1. The molecule has 0 radical (unpaired) electrons. The Hall–Kier alpha value is -4.07. The van der Waals surface area contributed by atoms with Crippen molar-refractivity contribution < 1.29 is 19.4 Å². The van der Waals surface area contributed by atoms with Crippen LogP contribution in [-0.4, -0.2) is 48.2 Å². The second kappa shape index (κ2) is 9.82. The Bertz CT molecular complexity index is 1080. The van der Waals surface area contributed by atoms with Gasteiger partial charge in [-0.2, -0.15) is 0 Å². The molecular weight excluding hydrogens is 408 g/mol. The quantitative estimate of drug-likeness (QED) is 0.477. The zero-order chi connectivity index (χ0) is 22.3. The minimum Gasteiger partial charge on any atom is -0.481 e. The van der Waals surface area contributed by atoms with Crippen molar-refractivity contribution in [3.8, 4) is 5.75 Å². The highest BCUT2D eigenvalue weighted by molar-refractivity contribution is 5.98. The Morgan fingerprint density at radius 3 is 2.66 bits per heavy atom. The number of pyridine rings is 1. The number of amides is 1. The molecule has 8 nitrogen and oxygen atoms in total. The molecule has 1 aliphatic rings. The first-order valence-electron chi connectivity index (χ1n) is 10.4. The van der Waals surface area contributed by atoms with Gasteiger partial charge in [-0.1, -0.05) is 36.4 Å². The van der Waals surface area contributed by atoms with Crippen molar-refractivity contribution in [2.75, 3.05) is 41.8 Å². The molecule has 0 fully saturated rings. The van der Waals surface area contributed by atoms with Crippen LogP contribution in [0.2, 0.25) is 0 Å². The summed E-state index contributed by atoms with van der Waals surface area (Å²) in [4.78, 5) is 30.0. The molecule has 0 bridgehead atoms. The minimum absolute atomic E-state index is 0.0399. The first-order chi connectivity index (χ1) is 15.6. The van der Waals surface area contributed by atoms with E-state index >= 15 is 0 Å². The van der Waals surface area contributed by atoms with Gasteiger partial charge in [0.1, 0.15) is 11.6 Å². The third-order valence-electron chi connectivity index (χ3n) is 5.22. The number of carbonyl (C=O) groups excluding carboxylic acids is 1. The molecule has 0 saturated carbocycles. The second-order valence-electron chi connectivity index (χ2n) is 7.34. The number of aromatic nitrogens is 1. The maximum Gasteiger partial charge on any atom is 0.312 e. The van der Waals surface area contributed by atoms with Crippen LogP contribution in [0.4, 0.5) is 17.2 Å². The number of nitrogens with zero attached hydrogens (tertiary/aromatic N) is 2. The SMILES string of the molecule is O=C(O)C(CNc1ccc2c(c1)OCC(=O)N2CCNc1ccccn1)c1ccccc1. The summed E-state index contributed by atoms with van der Waals surface area (Å²) in [6, 6.07) is 20.2. The summed E-state index contributed by atoms with van der Waals surface area (Å²) in [6.45, 7) is 1.20. The molecule has 0 spiro atoms. The van der Waals surface area contributed by atoms with Crippen molar-refractivity contribution in [2.24, 2.45) is 0 Å². The maximum atomic E-state index is 12.4. The molecule has 3 N–H and O–H groups in total. The van der Waals surface area contributed by atoms with E-state index in [-0.39, 0.29) is 19.1 Å². The van der Waals surface area contributed by atoms with Gasteiger partial charge in [0.05, 0.1) is 11.6 Å². The summed E-state index contributed by atoms with van der Waals surface area (Å²) in [7, 11) is 0. The van der Waals surface area contributed by atoms with E-state index in [9.17, 15) is 14.7 Å². The van der Waals surface area contributed by atoms with Gasteiger partial charge in [-0.05, 0) is 29.8 Å². The minimum atomic E-state index is -0.893. The van der Waals surface area contributed by atoms with Crippen LogP contribution < -0.4 is 20.3 Å². The lowest BCUT2D eigenvalue weighted by Gasteiger charge is -2.30. The fourth-order valence-corrected chi connectivity index (χ4v) is 3.58. The topological polar surface area (TPSA) is 104 Å². The zero-order valence-electron chi connectivity index (χ0n) is 17.4. The third-order valence-corrected chi connectivity index (χ3v) is 5.22. The largest absolute Gasteiger partial charge is 0.481 e. The van der Waals surface area contributed by atoms with Crippen LogP contribution in [0.1, 0.15) is 11.5 Å². The maximum absolute atomic E-state index is 12.4. The van der Waals surface area contributed by atoms with Crippen molar-refractivity contribution >= 4 is 29.1 Å². The van der Waals surface area contributed by atoms with Crippen molar-refractivity contribution in [2.45, 2.75) is 5.92 Å². The lowest BCUT2D eigenvalue weighted by Crippen LogP contribution is -2.41. The second-order valence-corrected chi connectivity index (χ2v) is 7.34. The van der Waals surface area contributed by atoms with Crippen molar-refractivity contribution in [1.82, 2.24) is 4.98 Å². The number of carboxylic acids is 1. The third kappa shape index (κ3) is 4.97. The normalized spacial score (nSPS) is 13.6. The number of benzene rings is 2. The van der Waals surface area contributed by atoms with Gasteiger partial charge in [0.2, 0.25) is 0 Å². The van der Waals surface area contributed by atoms with E-state index in [1.165, 1.54) is 0 Å². The summed E-state index contributed by atoms with van der Waals surface area (Å²) >= 11 is 0. The first-order valence-corrected chi connectivity index (χ1v) is 10.4. The van der Waals surface area contributed by atoms with Crippen LogP contribution in [0, 0.1) is 0 Å². The summed E-state index contributed by atoms with van der Waals surface area (Å²) in [6.07, 6.45) is 1.71. The van der Waals surface area contributed by atoms with E-state index in [4.69, 9.17) is 4.74 Å². The Balaban J connectivity index is 1.42. The van der Waals surface area contributed by atoms with Gasteiger partial charge in [0.25, 0.3) is 5.91 Å². The van der Waals surface area contributed by atoms with E-state index in [1.54, 1.807) is 29.3 Å². The molecule has 2 aromatic carbocycles. The number of hydrogen-bond donors (Lipinski definition) is 3. The molecule has 1 unspecified atom stereocenters. The van der Waals surface area contributed by atoms with E-state index in [2.05, 4.69) is 15.6 Å². The Morgan fingerprint density at radius 1 is 1.09 bits per heavy atom. The monoisotopic (exact) mass is 432 g/mol. The highest BCUT2D eigenvalue weighted by Crippen LogP contribution is 2.34. The summed E-state index contributed by atoms with van der Waals surface area (Å²) < 4.78 is 5.63. The number of ether oxygens (including phenoxy) is 1. The van der Waals surface area contributed by atoms with Gasteiger partial charge in [0, 0.05) is 37.6 Å². The van der Waals surface area contributed by atoms with Gasteiger partial charge in [-0.25, -0.2) is 4.98 Å². The van der Waals surface area contributed by atoms with E-state index < -0.39 is 11.9 Å². The highest BCUT2D eigenvalue weighted by Gasteiger charge is 2.26. The average molecular weight is 432 g/mol. The van der Waals surface area contributed by atoms with Crippen LogP contribution in [0.25, 0.3) is 0 Å². The molecule has 32 heavy (non-hydrogen) atoms. The molecule has 8 heteroatoms. The molecule has 164 valence electrons. The standard InChI is InChI=1S/C24H24N4O4/c29-23-16-32-21-14-18(27-15-19(24(30)31)17-6-2-1-3-7-17)9-10-20(21)28(23)13-12-26-22-8-4-5-11-25-22/h1-11,14,19,27H,12-13,15-16H2,(H,25,26)(H,30,31). The van der Waals surface area contributed by atoms with Gasteiger partial charge >= 0.3 is 5.97 Å². The fourth-order valence-electron chi connectivity index (χ4n) is 3.58. The number of nitrogens with one attached hydrogen (secondary N) is 2. The fraction of sp³-hybridized carbons (Fsp3) is 0.208. The molecule has 1 aromatic heterocycles. The predicted molar refractivity (Wildman–Crippen MR) is 122 cm³/mol. The molecule has 3 aromatic rings. The Morgan fingerprint density at radius 2 is 1.91 bits per heavy atom. The van der Waals surface area contributed by atoms with Crippen LogP contribution in [0.3, 0.4) is 0 Å². The number of hydrogen-bond acceptors (Lipinski definition) is 6. The molecule has 4 rings (SSSR count). The zero-order valence-corrected chi connectivity index (χ0v) is 17.4. The van der Waals surface area contributed by atoms with Crippen molar-refractivity contribution in [1.29, 1.82) is 0 Å². The molecule has 0 aliphatic carbocycles. The van der Waals surface area contributed by atoms with Crippen LogP contribution in [0.5, 0.6) is 5.75 Å². The molecule has 0 saturated heterocycles. The van der Waals surface area contributed by atoms with Gasteiger partial charge < -0.3 is 25.4 Å². The lowest BCUT2D eigenvalue weighted by molar-refractivity contribution is -0.138. The van der Waals surface area contributed by atoms with Crippen molar-refractivity contribution in [3.05, 3.63) is 78.5 Å². The molecule has 2 heterocycles. The number of anilines is 3. The van der Waals surface area contributed by atoms with Crippen molar-refractivity contribution in [3.63, 3.8) is 0 Å². The van der Waals surface area contributed by atoms with Crippen LogP contribution >= 0.6 is 0 Å². The molecule has 1 aliphatic heterocycles. The van der Waals surface area contributed by atoms with Gasteiger partial charge in [-0.3, -0.25) is 9.59 Å². The smallest absolute Gasteiger partial charge is 0.312 e. The number of rotatable bonds is 9. The number of aliphatic carboxylic acids is 1. The summed E-state index contributed by atoms with van der Waals surface area (Å²) in [5.74, 6) is -0.353. The van der Waals surface area contributed by atoms with E-state index in [0.717, 1.165) is 17.1 Å². The van der Waals surface area contributed by atoms with E-state index in [0.29, 0.717) is 24.5 Å². The predicted octanol–water partition coefficient (Wildman–Crippen LogP) is 3.20. The first kappa shape index (κ1) is 21.2. The van der Waals surface area contributed by atoms with Gasteiger partial charge in [-0.15, -0.1) is 0 Å². The number of carboxylic acid groups (broad SMARTS) is 1. The van der Waals surface area contributed by atoms with Gasteiger partial charge in [0.15, 0.2) is 6.61 Å². The lowest BCUT2D eigenvalue weighted by atomic mass is 9.99.